The van der Waals surface area contributed by atoms with Crippen molar-refractivity contribution in [3.8, 4) is 0 Å². The molecule has 0 aliphatic carbocycles. The van der Waals surface area contributed by atoms with Gasteiger partial charge >= 0.3 is 8.46 Å². The highest BCUT2D eigenvalue weighted by Crippen LogP contribution is 1.98. The topological polar surface area (TPSA) is 17.1 Å². The second kappa shape index (κ2) is 2.70. The van der Waals surface area contributed by atoms with Crippen molar-refractivity contribution in [2.75, 3.05) is 0 Å². The maximum absolute atomic E-state index is 12.2. The van der Waals surface area contributed by atoms with Crippen LogP contribution >= 0.6 is 8.46 Å². The smallest absolute Gasteiger partial charge is 0.207 e. The minimum absolute atomic E-state index is 0.337. The molecule has 0 saturated heterocycles. The lowest BCUT2D eigenvalue weighted by Crippen LogP contribution is -1.89. The second-order valence-electron chi connectivity index (χ2n) is 1.61. The van der Waals surface area contributed by atoms with E-state index in [1.165, 1.54) is 18.2 Å². The highest BCUT2D eigenvalue weighted by Gasteiger charge is 1.98. The molecule has 0 aromatic heterocycles. The third-order valence-corrected chi connectivity index (χ3v) is 1.49. The van der Waals surface area contributed by atoms with Gasteiger partial charge in [0.25, 0.3) is 0 Å². The van der Waals surface area contributed by atoms with E-state index < -0.39 is 8.46 Å². The minimum Gasteiger partial charge on any atom is -0.207 e. The summed E-state index contributed by atoms with van der Waals surface area (Å²) in [4.78, 5) is 0. The molecule has 1 unspecified atom stereocenters. The summed E-state index contributed by atoms with van der Waals surface area (Å²) in [7, 11) is -0.564. The summed E-state index contributed by atoms with van der Waals surface area (Å²) in [5.41, 5.74) is 0. The zero-order chi connectivity index (χ0) is 6.69. The van der Waals surface area contributed by atoms with Crippen LogP contribution in [0.15, 0.2) is 24.3 Å². The van der Waals surface area contributed by atoms with Crippen LogP contribution in [0.25, 0.3) is 0 Å². The average molecular weight is 143 g/mol. The molecule has 0 spiro atoms. The molecular formula is C6H5FOP+. The molecule has 0 heterocycles. The van der Waals surface area contributed by atoms with Crippen molar-refractivity contribution < 1.29 is 8.96 Å². The first-order valence-electron chi connectivity index (χ1n) is 2.46. The van der Waals surface area contributed by atoms with E-state index in [1.54, 1.807) is 6.07 Å². The van der Waals surface area contributed by atoms with E-state index in [9.17, 15) is 8.96 Å². The molecule has 0 saturated carbocycles. The third kappa shape index (κ3) is 1.58. The number of benzene rings is 1. The molecule has 0 N–H and O–H groups in total. The van der Waals surface area contributed by atoms with Crippen molar-refractivity contribution in [3.05, 3.63) is 30.1 Å². The van der Waals surface area contributed by atoms with Crippen LogP contribution in [0.1, 0.15) is 0 Å². The Hall–Kier alpha value is -0.750. The van der Waals surface area contributed by atoms with Gasteiger partial charge in [-0.2, -0.15) is 0 Å². The van der Waals surface area contributed by atoms with Gasteiger partial charge in [0.1, 0.15) is 5.82 Å². The van der Waals surface area contributed by atoms with Gasteiger partial charge in [0.2, 0.25) is 0 Å². The van der Waals surface area contributed by atoms with Crippen molar-refractivity contribution in [3.63, 3.8) is 0 Å². The first-order valence-corrected chi connectivity index (χ1v) is 3.37. The lowest BCUT2D eigenvalue weighted by atomic mass is 10.4. The van der Waals surface area contributed by atoms with E-state index in [2.05, 4.69) is 0 Å². The van der Waals surface area contributed by atoms with Gasteiger partial charge in [-0.25, -0.2) is 4.39 Å². The molecule has 1 aromatic carbocycles. The van der Waals surface area contributed by atoms with Gasteiger partial charge in [-0.1, -0.05) is 10.6 Å². The number of halogens is 1. The highest BCUT2D eigenvalue weighted by molar-refractivity contribution is 7.34. The Balaban J connectivity index is 3.07. The van der Waals surface area contributed by atoms with Crippen LogP contribution < -0.4 is 5.30 Å². The predicted octanol–water partition coefficient (Wildman–Crippen LogP) is 1.47. The Morgan fingerprint density at radius 1 is 1.44 bits per heavy atom. The summed E-state index contributed by atoms with van der Waals surface area (Å²) in [6.07, 6.45) is 0. The third-order valence-electron chi connectivity index (χ3n) is 0.942. The molecule has 0 aliphatic heterocycles. The fraction of sp³-hybridized carbons (Fsp3) is 0. The van der Waals surface area contributed by atoms with Gasteiger partial charge in [-0.05, 0) is 12.1 Å². The maximum Gasteiger partial charge on any atom is 0.363 e. The molecule has 1 aromatic rings. The SMILES string of the molecule is O=[PH+]c1cccc(F)c1. The van der Waals surface area contributed by atoms with Crippen LogP contribution in [-0.2, 0) is 4.57 Å². The van der Waals surface area contributed by atoms with Gasteiger partial charge in [0.05, 0.1) is 0 Å². The van der Waals surface area contributed by atoms with Crippen LogP contribution in [0.2, 0.25) is 0 Å². The summed E-state index contributed by atoms with van der Waals surface area (Å²) < 4.78 is 22.4. The maximum atomic E-state index is 12.2. The van der Waals surface area contributed by atoms with E-state index in [0.717, 1.165) is 0 Å². The highest BCUT2D eigenvalue weighted by atomic mass is 31.1. The summed E-state index contributed by atoms with van der Waals surface area (Å²) >= 11 is 0. The Morgan fingerprint density at radius 2 is 2.22 bits per heavy atom. The Kier molecular flexibility index (Phi) is 1.91. The summed E-state index contributed by atoms with van der Waals surface area (Å²) in [6, 6.07) is 5.74. The van der Waals surface area contributed by atoms with Gasteiger partial charge in [-0.3, -0.25) is 0 Å². The van der Waals surface area contributed by atoms with E-state index in [1.807, 2.05) is 0 Å². The van der Waals surface area contributed by atoms with Crippen LogP contribution in [-0.4, -0.2) is 0 Å². The average Bonchev–Trinajstić information content (AvgIpc) is 1.88. The zero-order valence-electron chi connectivity index (χ0n) is 4.60. The van der Waals surface area contributed by atoms with Gasteiger partial charge in [0.15, 0.2) is 5.30 Å². The van der Waals surface area contributed by atoms with E-state index >= 15 is 0 Å². The largest absolute Gasteiger partial charge is 0.363 e. The Labute approximate surface area is 53.7 Å². The van der Waals surface area contributed by atoms with Crippen LogP contribution in [0.5, 0.6) is 0 Å². The van der Waals surface area contributed by atoms with Crippen molar-refractivity contribution in [2.24, 2.45) is 0 Å². The normalized spacial score (nSPS) is 9.89. The molecule has 3 heteroatoms. The molecule has 1 nitrogen and oxygen atoms in total. The molecule has 1 rings (SSSR count). The van der Waals surface area contributed by atoms with Crippen molar-refractivity contribution >= 4 is 13.8 Å². The van der Waals surface area contributed by atoms with Crippen LogP contribution in [0.4, 0.5) is 4.39 Å². The van der Waals surface area contributed by atoms with Crippen LogP contribution in [0.3, 0.4) is 0 Å². The van der Waals surface area contributed by atoms with Gasteiger partial charge in [0, 0.05) is 6.07 Å². The molecule has 0 aliphatic rings. The van der Waals surface area contributed by atoms with E-state index in [0.29, 0.717) is 5.30 Å². The summed E-state index contributed by atoms with van der Waals surface area (Å²) in [6.45, 7) is 0. The standard InChI is InChI=1S/C6H4FOP/c7-5-2-1-3-6(4-5)9-8/h1-4H/p+1. The summed E-state index contributed by atoms with van der Waals surface area (Å²) in [5, 5.41) is 0.523. The fourth-order valence-electron chi connectivity index (χ4n) is 0.552. The minimum atomic E-state index is -0.564. The first kappa shape index (κ1) is 6.37. The molecule has 1 atom stereocenters. The summed E-state index contributed by atoms with van der Waals surface area (Å²) in [5.74, 6) is -0.337. The lowest BCUT2D eigenvalue weighted by Gasteiger charge is -1.80. The van der Waals surface area contributed by atoms with Crippen molar-refractivity contribution in [1.82, 2.24) is 0 Å². The predicted molar refractivity (Wildman–Crippen MR) is 35.0 cm³/mol. The second-order valence-corrected chi connectivity index (χ2v) is 2.39. The molecule has 9 heavy (non-hydrogen) atoms. The van der Waals surface area contributed by atoms with Crippen LogP contribution in [0, 0.1) is 5.82 Å². The number of rotatable bonds is 1. The van der Waals surface area contributed by atoms with Crippen molar-refractivity contribution in [2.45, 2.75) is 0 Å². The molecule has 46 valence electrons. The molecule has 0 radical (unpaired) electrons. The number of hydrogen-bond donors (Lipinski definition) is 0. The van der Waals surface area contributed by atoms with E-state index in [4.69, 9.17) is 0 Å². The van der Waals surface area contributed by atoms with Gasteiger partial charge < -0.3 is 0 Å². The van der Waals surface area contributed by atoms with E-state index in [-0.39, 0.29) is 5.82 Å². The molecular weight excluding hydrogens is 138 g/mol. The Morgan fingerprint density at radius 3 is 2.67 bits per heavy atom. The lowest BCUT2D eigenvalue weighted by molar-refractivity contribution is 0.602. The zero-order valence-corrected chi connectivity index (χ0v) is 5.60. The Bertz CT molecular complexity index is 224. The molecule has 0 bridgehead atoms. The number of hydrogen-bond acceptors (Lipinski definition) is 1. The molecule has 0 fully saturated rings. The quantitative estimate of drug-likeness (QED) is 0.544. The van der Waals surface area contributed by atoms with Crippen molar-refractivity contribution in [1.29, 1.82) is 0 Å². The molecule has 0 amide bonds. The monoisotopic (exact) mass is 143 g/mol. The fourth-order valence-corrected chi connectivity index (χ4v) is 0.913. The first-order chi connectivity index (χ1) is 4.33. The van der Waals surface area contributed by atoms with Gasteiger partial charge in [-0.15, -0.1) is 0 Å².